The first-order chi connectivity index (χ1) is 9.69. The van der Waals surface area contributed by atoms with Crippen LogP contribution in [0.4, 0.5) is 0 Å². The van der Waals surface area contributed by atoms with Crippen LogP contribution in [0.3, 0.4) is 0 Å². The topological polar surface area (TPSA) is 12.5 Å². The van der Waals surface area contributed by atoms with Crippen molar-refractivity contribution in [1.29, 1.82) is 0 Å². The molecule has 0 aromatic heterocycles. The Kier molecular flexibility index (Phi) is 5.19. The maximum absolute atomic E-state index is 5.18. The molecule has 0 aliphatic carbocycles. The second-order valence-electron chi connectivity index (χ2n) is 5.33. The summed E-state index contributed by atoms with van der Waals surface area (Å²) in [4.78, 5) is 2.23. The van der Waals surface area contributed by atoms with Crippen LogP contribution in [0.1, 0.15) is 12.0 Å². The molecule has 0 saturated heterocycles. The smallest absolute Gasteiger partial charge is 0.118 e. The molecule has 2 heteroatoms. The first-order valence-corrected chi connectivity index (χ1v) is 7.07. The van der Waals surface area contributed by atoms with Crippen molar-refractivity contribution in [2.24, 2.45) is 0 Å². The zero-order valence-electron chi connectivity index (χ0n) is 12.6. The molecule has 20 heavy (non-hydrogen) atoms. The molecule has 2 aromatic rings. The zero-order chi connectivity index (χ0) is 14.4. The van der Waals surface area contributed by atoms with Gasteiger partial charge >= 0.3 is 0 Å². The highest BCUT2D eigenvalue weighted by atomic mass is 16.5. The van der Waals surface area contributed by atoms with Gasteiger partial charge in [0.05, 0.1) is 7.11 Å². The summed E-state index contributed by atoms with van der Waals surface area (Å²) in [7, 11) is 5.93. The highest BCUT2D eigenvalue weighted by molar-refractivity contribution is 5.64. The van der Waals surface area contributed by atoms with Gasteiger partial charge in [0.15, 0.2) is 0 Å². The summed E-state index contributed by atoms with van der Waals surface area (Å²) in [5.41, 5.74) is 3.89. The lowest BCUT2D eigenvalue weighted by Gasteiger charge is -2.09. The minimum Gasteiger partial charge on any atom is -0.497 e. The van der Waals surface area contributed by atoms with Crippen LogP contribution in [0.15, 0.2) is 48.5 Å². The normalized spacial score (nSPS) is 10.8. The Bertz CT molecular complexity index is 514. The van der Waals surface area contributed by atoms with Crippen molar-refractivity contribution >= 4 is 0 Å². The molecule has 2 aromatic carbocycles. The van der Waals surface area contributed by atoms with Gasteiger partial charge in [-0.1, -0.05) is 36.4 Å². The maximum atomic E-state index is 5.18. The molecule has 0 saturated carbocycles. The third kappa shape index (κ3) is 4.10. The monoisotopic (exact) mass is 269 g/mol. The van der Waals surface area contributed by atoms with E-state index in [0.29, 0.717) is 0 Å². The van der Waals surface area contributed by atoms with Crippen molar-refractivity contribution < 1.29 is 4.74 Å². The number of methoxy groups -OCH3 is 1. The zero-order valence-corrected chi connectivity index (χ0v) is 12.6. The average Bonchev–Trinajstić information content (AvgIpc) is 2.48. The van der Waals surface area contributed by atoms with Gasteiger partial charge < -0.3 is 9.64 Å². The molecule has 0 radical (unpaired) electrons. The van der Waals surface area contributed by atoms with Crippen molar-refractivity contribution in [2.75, 3.05) is 27.7 Å². The lowest BCUT2D eigenvalue weighted by Crippen LogP contribution is -2.13. The van der Waals surface area contributed by atoms with Crippen LogP contribution in [0.5, 0.6) is 5.75 Å². The molecule has 0 fully saturated rings. The molecule has 0 aliphatic rings. The van der Waals surface area contributed by atoms with Gasteiger partial charge in [-0.05, 0) is 62.3 Å². The fourth-order valence-electron chi connectivity index (χ4n) is 2.25. The molecule has 0 bridgehead atoms. The van der Waals surface area contributed by atoms with Crippen molar-refractivity contribution in [3.05, 3.63) is 54.1 Å². The number of hydrogen-bond acceptors (Lipinski definition) is 2. The third-order valence-electron chi connectivity index (χ3n) is 3.45. The Balaban J connectivity index is 1.99. The van der Waals surface area contributed by atoms with Gasteiger partial charge in [0, 0.05) is 0 Å². The Morgan fingerprint density at radius 3 is 1.90 bits per heavy atom. The third-order valence-corrected chi connectivity index (χ3v) is 3.45. The molecule has 0 heterocycles. The van der Waals surface area contributed by atoms with Crippen LogP contribution in [-0.2, 0) is 6.42 Å². The largest absolute Gasteiger partial charge is 0.497 e. The summed E-state index contributed by atoms with van der Waals surface area (Å²) in [6.45, 7) is 1.14. The van der Waals surface area contributed by atoms with Gasteiger partial charge in [-0.2, -0.15) is 0 Å². The van der Waals surface area contributed by atoms with Crippen molar-refractivity contribution in [2.45, 2.75) is 12.8 Å². The SMILES string of the molecule is COc1ccc(-c2ccc(CCCN(C)C)cc2)cc1. The molecular formula is C18H23NO. The van der Waals surface area contributed by atoms with E-state index in [1.807, 2.05) is 12.1 Å². The molecule has 106 valence electrons. The summed E-state index contributed by atoms with van der Waals surface area (Å²) in [5.74, 6) is 0.897. The lowest BCUT2D eigenvalue weighted by atomic mass is 10.0. The van der Waals surface area contributed by atoms with Gasteiger partial charge in [0.2, 0.25) is 0 Å². The van der Waals surface area contributed by atoms with Crippen LogP contribution < -0.4 is 4.74 Å². The van der Waals surface area contributed by atoms with E-state index in [0.717, 1.165) is 18.7 Å². The number of rotatable bonds is 6. The van der Waals surface area contributed by atoms with Crippen LogP contribution in [0.2, 0.25) is 0 Å². The number of hydrogen-bond donors (Lipinski definition) is 0. The van der Waals surface area contributed by atoms with Gasteiger partial charge in [-0.3, -0.25) is 0 Å². The van der Waals surface area contributed by atoms with Crippen LogP contribution in [-0.4, -0.2) is 32.6 Å². The van der Waals surface area contributed by atoms with Gasteiger partial charge in [0.1, 0.15) is 5.75 Å². The first-order valence-electron chi connectivity index (χ1n) is 7.07. The predicted octanol–water partition coefficient (Wildman–Crippen LogP) is 3.86. The molecule has 0 aliphatic heterocycles. The maximum Gasteiger partial charge on any atom is 0.118 e. The molecule has 0 spiro atoms. The fourth-order valence-corrected chi connectivity index (χ4v) is 2.25. The van der Waals surface area contributed by atoms with E-state index in [2.05, 4.69) is 55.4 Å². The second-order valence-corrected chi connectivity index (χ2v) is 5.33. The number of aryl methyl sites for hydroxylation is 1. The Labute approximate surface area is 122 Å². The second kappa shape index (κ2) is 7.11. The van der Waals surface area contributed by atoms with Crippen molar-refractivity contribution in [3.8, 4) is 16.9 Å². The van der Waals surface area contributed by atoms with E-state index in [-0.39, 0.29) is 0 Å². The van der Waals surface area contributed by atoms with Crippen LogP contribution in [0.25, 0.3) is 11.1 Å². The molecule has 0 unspecified atom stereocenters. The molecular weight excluding hydrogens is 246 g/mol. The Hall–Kier alpha value is -1.80. The average molecular weight is 269 g/mol. The van der Waals surface area contributed by atoms with Crippen LogP contribution >= 0.6 is 0 Å². The van der Waals surface area contributed by atoms with Crippen LogP contribution in [0, 0.1) is 0 Å². The highest BCUT2D eigenvalue weighted by Gasteiger charge is 2.00. The minimum atomic E-state index is 0.897. The molecule has 0 amide bonds. The summed E-state index contributed by atoms with van der Waals surface area (Å²) < 4.78 is 5.18. The fraction of sp³-hybridized carbons (Fsp3) is 0.333. The number of nitrogens with zero attached hydrogens (tertiary/aromatic N) is 1. The Morgan fingerprint density at radius 1 is 0.850 bits per heavy atom. The number of ether oxygens (including phenoxy) is 1. The van der Waals surface area contributed by atoms with E-state index in [9.17, 15) is 0 Å². The van der Waals surface area contributed by atoms with Crippen molar-refractivity contribution in [1.82, 2.24) is 4.90 Å². The summed E-state index contributed by atoms with van der Waals surface area (Å²) in [6, 6.07) is 17.1. The van der Waals surface area contributed by atoms with E-state index < -0.39 is 0 Å². The number of benzene rings is 2. The summed E-state index contributed by atoms with van der Waals surface area (Å²) in [5, 5.41) is 0. The van der Waals surface area contributed by atoms with E-state index in [1.165, 1.54) is 23.1 Å². The lowest BCUT2D eigenvalue weighted by molar-refractivity contribution is 0.400. The molecule has 2 nitrogen and oxygen atoms in total. The van der Waals surface area contributed by atoms with Gasteiger partial charge in [0.25, 0.3) is 0 Å². The van der Waals surface area contributed by atoms with E-state index >= 15 is 0 Å². The Morgan fingerprint density at radius 2 is 1.40 bits per heavy atom. The highest BCUT2D eigenvalue weighted by Crippen LogP contribution is 2.22. The van der Waals surface area contributed by atoms with Gasteiger partial charge in [-0.25, -0.2) is 0 Å². The van der Waals surface area contributed by atoms with E-state index in [1.54, 1.807) is 7.11 Å². The molecule has 0 atom stereocenters. The summed E-state index contributed by atoms with van der Waals surface area (Å²) >= 11 is 0. The van der Waals surface area contributed by atoms with Gasteiger partial charge in [-0.15, -0.1) is 0 Å². The standard InChI is InChI=1S/C18H23NO/c1-19(2)14-4-5-15-6-8-16(9-7-15)17-10-12-18(20-3)13-11-17/h6-13H,4-5,14H2,1-3H3. The van der Waals surface area contributed by atoms with E-state index in [4.69, 9.17) is 4.74 Å². The molecule has 2 rings (SSSR count). The minimum absolute atomic E-state index is 0.897. The molecule has 0 N–H and O–H groups in total. The first kappa shape index (κ1) is 14.6. The predicted molar refractivity (Wildman–Crippen MR) is 85.3 cm³/mol. The van der Waals surface area contributed by atoms with Crippen molar-refractivity contribution in [3.63, 3.8) is 0 Å². The quantitative estimate of drug-likeness (QED) is 0.789. The summed E-state index contributed by atoms with van der Waals surface area (Å²) in [6.07, 6.45) is 2.34.